The normalized spacial score (nSPS) is 11.7. The Hall–Kier alpha value is -0.890. The van der Waals surface area contributed by atoms with Gasteiger partial charge in [-0.15, -0.1) is 0 Å². The van der Waals surface area contributed by atoms with E-state index in [4.69, 9.17) is 22.1 Å². The van der Waals surface area contributed by atoms with Crippen LogP contribution in [0, 0.1) is 5.82 Å². The van der Waals surface area contributed by atoms with Gasteiger partial charge in [0.2, 0.25) is 10.0 Å². The molecule has 1 aromatic carbocycles. The second-order valence-electron chi connectivity index (χ2n) is 3.76. The van der Waals surface area contributed by atoms with Crippen LogP contribution in [-0.2, 0) is 14.8 Å². The number of halogens is 2. The molecule has 0 saturated heterocycles. The van der Waals surface area contributed by atoms with Crippen LogP contribution in [0.1, 0.15) is 13.3 Å². The Kier molecular flexibility index (Phi) is 5.99. The maximum Gasteiger partial charge on any atom is 0.243 e. The molecule has 0 spiro atoms. The van der Waals surface area contributed by atoms with Gasteiger partial charge in [-0.2, -0.15) is 0 Å². The molecule has 0 aliphatic rings. The molecular weight excluding hydrogens is 295 g/mol. The molecule has 0 fully saturated rings. The highest BCUT2D eigenvalue weighted by Gasteiger charge is 2.21. The van der Waals surface area contributed by atoms with Crippen molar-refractivity contribution in [2.75, 3.05) is 25.5 Å². The van der Waals surface area contributed by atoms with Gasteiger partial charge in [0, 0.05) is 25.4 Å². The fourth-order valence-electron chi connectivity index (χ4n) is 1.38. The van der Waals surface area contributed by atoms with E-state index in [1.165, 1.54) is 0 Å². The van der Waals surface area contributed by atoms with Crippen LogP contribution in [0.2, 0.25) is 5.02 Å². The lowest BCUT2D eigenvalue weighted by molar-refractivity contribution is 0.146. The summed E-state index contributed by atoms with van der Waals surface area (Å²) < 4.78 is 44.8. The number of rotatable bonds is 7. The molecule has 0 amide bonds. The maximum atomic E-state index is 13.7. The number of sulfonamides is 1. The summed E-state index contributed by atoms with van der Waals surface area (Å²) in [6.07, 6.45) is 0.491. The Morgan fingerprint density at radius 1 is 1.47 bits per heavy atom. The van der Waals surface area contributed by atoms with Crippen molar-refractivity contribution in [3.05, 3.63) is 23.0 Å². The first kappa shape index (κ1) is 16.2. The van der Waals surface area contributed by atoms with Crippen LogP contribution in [0.3, 0.4) is 0 Å². The van der Waals surface area contributed by atoms with Crippen molar-refractivity contribution >= 4 is 27.3 Å². The Balaban J connectivity index is 2.78. The molecule has 5 nitrogen and oxygen atoms in total. The SMILES string of the molecule is CCOCCCNS(=O)(=O)c1cc(N)cc(Cl)c1F. The fourth-order valence-corrected chi connectivity index (χ4v) is 2.87. The van der Waals surface area contributed by atoms with Crippen molar-refractivity contribution in [2.45, 2.75) is 18.2 Å². The highest BCUT2D eigenvalue weighted by molar-refractivity contribution is 7.89. The fraction of sp³-hybridized carbons (Fsp3) is 0.455. The summed E-state index contributed by atoms with van der Waals surface area (Å²) in [5.41, 5.74) is 5.54. The van der Waals surface area contributed by atoms with Gasteiger partial charge < -0.3 is 10.5 Å². The Morgan fingerprint density at radius 2 is 2.16 bits per heavy atom. The standard InChI is InChI=1S/C11H16ClFN2O3S/c1-2-18-5-3-4-15-19(16,17)10-7-8(14)6-9(12)11(10)13/h6-7,15H,2-5,14H2,1H3. The van der Waals surface area contributed by atoms with Gasteiger partial charge in [-0.3, -0.25) is 0 Å². The Bertz CT molecular complexity index is 537. The molecular formula is C11H16ClFN2O3S. The number of hydrogen-bond donors (Lipinski definition) is 2. The summed E-state index contributed by atoms with van der Waals surface area (Å²) in [4.78, 5) is -0.547. The number of nitrogens with two attached hydrogens (primary N) is 1. The zero-order valence-electron chi connectivity index (χ0n) is 10.4. The third kappa shape index (κ3) is 4.61. The van der Waals surface area contributed by atoms with E-state index in [9.17, 15) is 12.8 Å². The summed E-state index contributed by atoms with van der Waals surface area (Å²) in [7, 11) is -3.97. The molecule has 0 radical (unpaired) electrons. The molecule has 0 saturated carbocycles. The lowest BCUT2D eigenvalue weighted by atomic mass is 10.3. The van der Waals surface area contributed by atoms with Crippen molar-refractivity contribution in [1.29, 1.82) is 0 Å². The van der Waals surface area contributed by atoms with Crippen molar-refractivity contribution < 1.29 is 17.5 Å². The van der Waals surface area contributed by atoms with E-state index in [2.05, 4.69) is 4.72 Å². The number of ether oxygens (including phenoxy) is 1. The molecule has 1 rings (SSSR count). The summed E-state index contributed by atoms with van der Waals surface area (Å²) >= 11 is 5.56. The van der Waals surface area contributed by atoms with E-state index < -0.39 is 20.7 Å². The highest BCUT2D eigenvalue weighted by Crippen LogP contribution is 2.25. The van der Waals surface area contributed by atoms with Gasteiger partial charge >= 0.3 is 0 Å². The quantitative estimate of drug-likeness (QED) is 0.594. The van der Waals surface area contributed by atoms with Crippen LogP contribution in [0.25, 0.3) is 0 Å². The minimum absolute atomic E-state index is 0.0843. The van der Waals surface area contributed by atoms with Gasteiger partial charge in [0.15, 0.2) is 5.82 Å². The lowest BCUT2D eigenvalue weighted by Crippen LogP contribution is -2.26. The second kappa shape index (κ2) is 7.04. The minimum Gasteiger partial charge on any atom is -0.399 e. The number of benzene rings is 1. The second-order valence-corrected chi connectivity index (χ2v) is 5.91. The Morgan fingerprint density at radius 3 is 2.79 bits per heavy atom. The smallest absolute Gasteiger partial charge is 0.243 e. The van der Waals surface area contributed by atoms with Gasteiger partial charge in [0.25, 0.3) is 0 Å². The highest BCUT2D eigenvalue weighted by atomic mass is 35.5. The number of nitrogens with one attached hydrogen (secondary N) is 1. The molecule has 0 atom stereocenters. The molecule has 3 N–H and O–H groups in total. The van der Waals surface area contributed by atoms with E-state index in [0.717, 1.165) is 12.1 Å². The molecule has 19 heavy (non-hydrogen) atoms. The van der Waals surface area contributed by atoms with Crippen LogP contribution >= 0.6 is 11.6 Å². The van der Waals surface area contributed by atoms with Crippen LogP contribution < -0.4 is 10.5 Å². The zero-order chi connectivity index (χ0) is 14.5. The van der Waals surface area contributed by atoms with Crippen molar-refractivity contribution in [2.24, 2.45) is 0 Å². The molecule has 0 unspecified atom stereocenters. The molecule has 8 heteroatoms. The van der Waals surface area contributed by atoms with E-state index >= 15 is 0 Å². The van der Waals surface area contributed by atoms with E-state index in [1.807, 2.05) is 6.92 Å². The predicted molar refractivity (Wildman–Crippen MR) is 72.1 cm³/mol. The third-order valence-corrected chi connectivity index (χ3v) is 4.00. The predicted octanol–water partition coefficient (Wildman–Crippen LogP) is 1.77. The van der Waals surface area contributed by atoms with Crippen molar-refractivity contribution in [3.63, 3.8) is 0 Å². The first-order valence-corrected chi connectivity index (χ1v) is 7.56. The first-order chi connectivity index (χ1) is 8.88. The zero-order valence-corrected chi connectivity index (χ0v) is 12.0. The molecule has 0 aliphatic heterocycles. The Labute approximate surface area is 116 Å². The molecule has 0 bridgehead atoms. The van der Waals surface area contributed by atoms with Gasteiger partial charge in [-0.25, -0.2) is 17.5 Å². The van der Waals surface area contributed by atoms with Crippen LogP contribution in [0.5, 0.6) is 0 Å². The van der Waals surface area contributed by atoms with Crippen LogP contribution in [0.15, 0.2) is 17.0 Å². The summed E-state index contributed by atoms with van der Waals surface area (Å²) in [5, 5.41) is -0.324. The number of nitrogen functional groups attached to an aromatic ring is 1. The van der Waals surface area contributed by atoms with E-state index in [-0.39, 0.29) is 17.3 Å². The largest absolute Gasteiger partial charge is 0.399 e. The summed E-state index contributed by atoms with van der Waals surface area (Å²) in [6, 6.07) is 2.19. The van der Waals surface area contributed by atoms with Gasteiger partial charge in [-0.05, 0) is 25.5 Å². The average Bonchev–Trinajstić information content (AvgIpc) is 2.33. The van der Waals surface area contributed by atoms with Gasteiger partial charge in [0.05, 0.1) is 5.02 Å². The topological polar surface area (TPSA) is 81.4 Å². The van der Waals surface area contributed by atoms with Crippen LogP contribution in [0.4, 0.5) is 10.1 Å². The number of hydrogen-bond acceptors (Lipinski definition) is 4. The maximum absolute atomic E-state index is 13.7. The summed E-state index contributed by atoms with van der Waals surface area (Å²) in [6.45, 7) is 2.98. The molecule has 1 aromatic rings. The summed E-state index contributed by atoms with van der Waals surface area (Å²) in [5.74, 6) is -1.01. The van der Waals surface area contributed by atoms with E-state index in [1.54, 1.807) is 0 Å². The molecule has 0 aromatic heterocycles. The number of anilines is 1. The monoisotopic (exact) mass is 310 g/mol. The van der Waals surface area contributed by atoms with E-state index in [0.29, 0.717) is 19.6 Å². The first-order valence-electron chi connectivity index (χ1n) is 5.70. The van der Waals surface area contributed by atoms with Crippen molar-refractivity contribution in [1.82, 2.24) is 4.72 Å². The van der Waals surface area contributed by atoms with Crippen LogP contribution in [-0.4, -0.2) is 28.2 Å². The molecule has 108 valence electrons. The van der Waals surface area contributed by atoms with Gasteiger partial charge in [-0.1, -0.05) is 11.6 Å². The van der Waals surface area contributed by atoms with Gasteiger partial charge in [0.1, 0.15) is 4.90 Å². The lowest BCUT2D eigenvalue weighted by Gasteiger charge is -2.09. The average molecular weight is 311 g/mol. The van der Waals surface area contributed by atoms with Crippen molar-refractivity contribution in [3.8, 4) is 0 Å². The molecule has 0 aliphatic carbocycles. The minimum atomic E-state index is -3.97. The third-order valence-electron chi connectivity index (χ3n) is 2.27. The molecule has 0 heterocycles.